The Labute approximate surface area is 198 Å². The van der Waals surface area contributed by atoms with E-state index in [4.69, 9.17) is 4.42 Å². The van der Waals surface area contributed by atoms with Gasteiger partial charge in [0.05, 0.1) is 29.2 Å². The lowest BCUT2D eigenvalue weighted by molar-refractivity contribution is -0.115. The van der Waals surface area contributed by atoms with Crippen LogP contribution in [0.3, 0.4) is 0 Å². The summed E-state index contributed by atoms with van der Waals surface area (Å²) in [6, 6.07) is 20.4. The molecule has 0 atom stereocenters. The fourth-order valence-electron chi connectivity index (χ4n) is 3.06. The predicted molar refractivity (Wildman–Crippen MR) is 128 cm³/mol. The van der Waals surface area contributed by atoms with E-state index in [1.54, 1.807) is 43.3 Å². The number of rotatable bonds is 7. The van der Waals surface area contributed by atoms with Crippen molar-refractivity contribution in [2.24, 2.45) is 0 Å². The molecule has 2 amide bonds. The van der Waals surface area contributed by atoms with Crippen LogP contribution in [0.1, 0.15) is 23.8 Å². The first kappa shape index (κ1) is 22.5. The summed E-state index contributed by atoms with van der Waals surface area (Å²) in [6.45, 7) is 1.80. The number of imide groups is 1. The van der Waals surface area contributed by atoms with Crippen LogP contribution in [-0.4, -0.2) is 26.5 Å². The first-order chi connectivity index (χ1) is 16.1. The maximum Gasteiger partial charge on any atom is 0.292 e. The Kier molecular flexibility index (Phi) is 6.98. The number of aromatic amines is 1. The van der Waals surface area contributed by atoms with E-state index in [1.807, 2.05) is 30.3 Å². The SMILES string of the molecule is C/C(=C/c1ccc(Sc2nc3ccccc3[nH]2)o1)SC(=O)N(C=O)Cc1ccccc1C#N. The largest absolute Gasteiger partial charge is 0.450 e. The Morgan fingerprint density at radius 3 is 2.76 bits per heavy atom. The van der Waals surface area contributed by atoms with Gasteiger partial charge in [-0.1, -0.05) is 30.3 Å². The average molecular weight is 475 g/mol. The van der Waals surface area contributed by atoms with E-state index >= 15 is 0 Å². The number of nitrogens with zero attached hydrogens (tertiary/aromatic N) is 3. The van der Waals surface area contributed by atoms with Crippen LogP contribution in [0.15, 0.2) is 80.2 Å². The number of amides is 2. The third kappa shape index (κ3) is 5.55. The molecule has 2 aromatic heterocycles. The third-order valence-corrected chi connectivity index (χ3v) is 6.26. The molecular formula is C24H18N4O3S2. The van der Waals surface area contributed by atoms with E-state index in [-0.39, 0.29) is 6.54 Å². The molecule has 7 nitrogen and oxygen atoms in total. The highest BCUT2D eigenvalue weighted by Crippen LogP contribution is 2.30. The Balaban J connectivity index is 1.40. The fourth-order valence-corrected chi connectivity index (χ4v) is 4.51. The summed E-state index contributed by atoms with van der Waals surface area (Å²) in [5.74, 6) is 0.582. The van der Waals surface area contributed by atoms with Crippen molar-refractivity contribution >= 4 is 52.3 Å². The number of H-pyrrole nitrogens is 1. The summed E-state index contributed by atoms with van der Waals surface area (Å²) >= 11 is 2.30. The Morgan fingerprint density at radius 1 is 1.18 bits per heavy atom. The highest BCUT2D eigenvalue weighted by molar-refractivity contribution is 8.16. The third-order valence-electron chi connectivity index (χ3n) is 4.60. The van der Waals surface area contributed by atoms with E-state index in [1.165, 1.54) is 11.8 Å². The number of imidazole rings is 1. The molecule has 4 aromatic rings. The van der Waals surface area contributed by atoms with Gasteiger partial charge in [0.1, 0.15) is 5.76 Å². The van der Waals surface area contributed by atoms with Crippen molar-refractivity contribution < 1.29 is 14.0 Å². The number of nitriles is 1. The molecular weight excluding hydrogens is 456 g/mol. The first-order valence-corrected chi connectivity index (χ1v) is 11.5. The lowest BCUT2D eigenvalue weighted by Crippen LogP contribution is -2.25. The van der Waals surface area contributed by atoms with Crippen molar-refractivity contribution in [2.45, 2.75) is 23.7 Å². The molecule has 2 heterocycles. The fraction of sp³-hybridized carbons (Fsp3) is 0.0833. The molecule has 0 bridgehead atoms. The average Bonchev–Trinajstić information content (AvgIpc) is 3.43. The smallest absolute Gasteiger partial charge is 0.292 e. The minimum absolute atomic E-state index is 0.0331. The molecule has 0 fully saturated rings. The number of furan rings is 1. The number of benzene rings is 2. The highest BCUT2D eigenvalue weighted by Gasteiger charge is 2.17. The van der Waals surface area contributed by atoms with Crippen molar-refractivity contribution in [1.29, 1.82) is 5.26 Å². The molecule has 2 aromatic carbocycles. The van der Waals surface area contributed by atoms with Crippen molar-refractivity contribution in [3.8, 4) is 6.07 Å². The van der Waals surface area contributed by atoms with Crippen LogP contribution < -0.4 is 0 Å². The summed E-state index contributed by atoms with van der Waals surface area (Å²) in [4.78, 5) is 33.5. The second kappa shape index (κ2) is 10.3. The van der Waals surface area contributed by atoms with E-state index in [0.29, 0.717) is 33.3 Å². The Hall–Kier alpha value is -3.74. The topological polar surface area (TPSA) is 103 Å². The number of para-hydroxylation sites is 2. The van der Waals surface area contributed by atoms with Crippen molar-refractivity contribution in [3.63, 3.8) is 0 Å². The van der Waals surface area contributed by atoms with Gasteiger partial charge in [-0.3, -0.25) is 14.5 Å². The number of hydrogen-bond donors (Lipinski definition) is 1. The Morgan fingerprint density at radius 2 is 1.97 bits per heavy atom. The molecule has 9 heteroatoms. The van der Waals surface area contributed by atoms with Gasteiger partial charge in [-0.15, -0.1) is 0 Å². The lowest BCUT2D eigenvalue weighted by atomic mass is 10.1. The molecule has 0 unspecified atom stereocenters. The van der Waals surface area contributed by atoms with Gasteiger partial charge in [0, 0.05) is 0 Å². The number of allylic oxidation sites excluding steroid dienone is 1. The number of fused-ring (bicyclic) bond motifs is 1. The van der Waals surface area contributed by atoms with Gasteiger partial charge in [0.15, 0.2) is 10.2 Å². The molecule has 0 spiro atoms. The summed E-state index contributed by atoms with van der Waals surface area (Å²) < 4.78 is 5.83. The molecule has 0 aliphatic heterocycles. The summed E-state index contributed by atoms with van der Waals surface area (Å²) in [5.41, 5.74) is 2.88. The lowest BCUT2D eigenvalue weighted by Gasteiger charge is -2.15. The minimum Gasteiger partial charge on any atom is -0.450 e. The number of thioether (sulfide) groups is 1. The second-order valence-corrected chi connectivity index (χ2v) is 9.13. The van der Waals surface area contributed by atoms with Gasteiger partial charge >= 0.3 is 0 Å². The minimum atomic E-state index is -0.435. The molecule has 0 radical (unpaired) electrons. The molecule has 0 aliphatic rings. The molecule has 1 N–H and O–H groups in total. The molecule has 0 saturated carbocycles. The molecule has 164 valence electrons. The van der Waals surface area contributed by atoms with Crippen LogP contribution >= 0.6 is 23.5 Å². The maximum absolute atomic E-state index is 12.6. The van der Waals surface area contributed by atoms with Crippen molar-refractivity contribution in [1.82, 2.24) is 14.9 Å². The number of aromatic nitrogens is 2. The summed E-state index contributed by atoms with van der Waals surface area (Å²) in [7, 11) is 0. The van der Waals surface area contributed by atoms with Gasteiger partial charge in [-0.05, 0) is 77.3 Å². The van der Waals surface area contributed by atoms with E-state index < -0.39 is 5.24 Å². The molecule has 33 heavy (non-hydrogen) atoms. The first-order valence-electron chi connectivity index (χ1n) is 9.88. The van der Waals surface area contributed by atoms with Crippen LogP contribution in [-0.2, 0) is 11.3 Å². The standard InChI is InChI=1S/C24H18N4O3S2/c1-16(32-24(30)28(15-29)14-18-7-3-2-6-17(18)13-25)12-19-10-11-22(31-19)33-23-26-20-8-4-5-9-21(20)27-23/h2-12,15H,14H2,1H3,(H,26,27)/b16-12-. The van der Waals surface area contributed by atoms with Gasteiger partial charge in [0.2, 0.25) is 6.41 Å². The quantitative estimate of drug-likeness (QED) is 0.325. The number of hydrogen-bond acceptors (Lipinski definition) is 7. The van der Waals surface area contributed by atoms with Gasteiger partial charge in [-0.25, -0.2) is 4.98 Å². The van der Waals surface area contributed by atoms with Gasteiger partial charge in [-0.2, -0.15) is 5.26 Å². The van der Waals surface area contributed by atoms with Crippen LogP contribution in [0.25, 0.3) is 17.1 Å². The van der Waals surface area contributed by atoms with Gasteiger partial charge < -0.3 is 9.40 Å². The summed E-state index contributed by atoms with van der Waals surface area (Å²) in [6.07, 6.45) is 2.21. The number of carbonyl (C=O) groups is 2. The monoisotopic (exact) mass is 474 g/mol. The van der Waals surface area contributed by atoms with E-state index in [9.17, 15) is 14.9 Å². The van der Waals surface area contributed by atoms with Crippen LogP contribution in [0.4, 0.5) is 4.79 Å². The van der Waals surface area contributed by atoms with Crippen molar-refractivity contribution in [3.05, 3.63) is 82.5 Å². The zero-order valence-corrected chi connectivity index (χ0v) is 19.2. The number of nitrogens with one attached hydrogen (secondary N) is 1. The van der Waals surface area contributed by atoms with Crippen LogP contribution in [0, 0.1) is 11.3 Å². The number of carbonyl (C=O) groups excluding carboxylic acids is 2. The zero-order valence-electron chi connectivity index (χ0n) is 17.5. The van der Waals surface area contributed by atoms with Crippen LogP contribution in [0.2, 0.25) is 0 Å². The van der Waals surface area contributed by atoms with E-state index in [0.717, 1.165) is 32.9 Å². The normalized spacial score (nSPS) is 11.3. The molecule has 4 rings (SSSR count). The predicted octanol–water partition coefficient (Wildman–Crippen LogP) is 6.05. The van der Waals surface area contributed by atoms with Crippen molar-refractivity contribution in [2.75, 3.05) is 0 Å². The second-order valence-electron chi connectivity index (χ2n) is 6.94. The Bertz CT molecular complexity index is 1350. The van der Waals surface area contributed by atoms with Crippen LogP contribution in [0.5, 0.6) is 0 Å². The van der Waals surface area contributed by atoms with E-state index in [2.05, 4.69) is 16.0 Å². The maximum atomic E-state index is 12.6. The highest BCUT2D eigenvalue weighted by atomic mass is 32.2. The van der Waals surface area contributed by atoms with Gasteiger partial charge in [0.25, 0.3) is 5.24 Å². The molecule has 0 aliphatic carbocycles. The summed E-state index contributed by atoms with van der Waals surface area (Å²) in [5, 5.41) is 10.2. The zero-order chi connectivity index (χ0) is 23.2. The molecule has 0 saturated heterocycles.